The number of hydrogen-bond acceptors (Lipinski definition) is 10. The van der Waals surface area contributed by atoms with Crippen LogP contribution in [-0.4, -0.2) is 83.2 Å². The van der Waals surface area contributed by atoms with Gasteiger partial charge in [-0.25, -0.2) is 0 Å². The molecule has 140 valence electrons. The fourth-order valence-corrected chi connectivity index (χ4v) is 2.24. The van der Waals surface area contributed by atoms with Crippen LogP contribution in [0, 0.1) is 0 Å². The third-order valence-electron chi connectivity index (χ3n) is 2.05. The van der Waals surface area contributed by atoms with Crippen LogP contribution in [0.4, 0.5) is 0 Å². The topological polar surface area (TPSA) is 98.7 Å². The van der Waals surface area contributed by atoms with Crippen molar-refractivity contribution in [2.24, 2.45) is 0 Å². The van der Waals surface area contributed by atoms with Gasteiger partial charge in [-0.1, -0.05) is 50.2 Å². The molecular weight excluding hydrogens is 432 g/mol. The van der Waals surface area contributed by atoms with Crippen LogP contribution in [0.1, 0.15) is 39.5 Å². The molecule has 0 heterocycles. The maximum absolute atomic E-state index is 9.99. The zero-order valence-corrected chi connectivity index (χ0v) is 19.9. The number of aliphatic carboxylic acids is 2. The minimum Gasteiger partial charge on any atom is -0.549 e. The van der Waals surface area contributed by atoms with Crippen molar-refractivity contribution in [3.05, 3.63) is 0 Å². The second-order valence-corrected chi connectivity index (χ2v) is 7.38. The SMILES string of the molecule is CCCCOC(=S)SCC(=O)[O-].CCCCOC(=S)SCC(=O)[O-].[Ca+2]. The Bertz CT molecular complexity index is 360. The van der Waals surface area contributed by atoms with E-state index in [1.54, 1.807) is 0 Å². The summed E-state index contributed by atoms with van der Waals surface area (Å²) in [6.07, 6.45) is 3.94. The van der Waals surface area contributed by atoms with Gasteiger partial charge >= 0.3 is 37.7 Å². The molecule has 0 aromatic rings. The predicted molar refractivity (Wildman–Crippen MR) is 108 cm³/mol. The first-order chi connectivity index (χ1) is 11.3. The van der Waals surface area contributed by atoms with E-state index in [-0.39, 0.29) is 58.0 Å². The zero-order chi connectivity index (χ0) is 18.8. The molecule has 0 aliphatic rings. The number of carboxylic acid groups (broad SMARTS) is 2. The smallest absolute Gasteiger partial charge is 0.549 e. The standard InChI is InChI=1S/2C7H12O3S2.Ca/c2*1-2-3-4-10-7(11)12-5-6(8)9;/h2*2-5H2,1H3,(H,8,9);/q;;+2/p-2. The number of carboxylic acids is 2. The Balaban J connectivity index is -0.000000372. The first kappa shape index (κ1) is 30.4. The van der Waals surface area contributed by atoms with Crippen LogP contribution in [0.15, 0.2) is 0 Å². The quantitative estimate of drug-likeness (QED) is 0.267. The van der Waals surface area contributed by atoms with Gasteiger partial charge in [-0.3, -0.25) is 0 Å². The number of hydrogen-bond donors (Lipinski definition) is 0. The van der Waals surface area contributed by atoms with Crippen LogP contribution in [0.3, 0.4) is 0 Å². The summed E-state index contributed by atoms with van der Waals surface area (Å²) in [4.78, 5) is 20.0. The summed E-state index contributed by atoms with van der Waals surface area (Å²) in [5.41, 5.74) is 0. The normalized spacial score (nSPS) is 9.04. The van der Waals surface area contributed by atoms with E-state index in [9.17, 15) is 19.8 Å². The van der Waals surface area contributed by atoms with Gasteiger partial charge in [0.25, 0.3) is 0 Å². The molecule has 0 atom stereocenters. The third-order valence-corrected chi connectivity index (χ3v) is 4.46. The van der Waals surface area contributed by atoms with Gasteiger partial charge in [-0.2, -0.15) is 0 Å². The van der Waals surface area contributed by atoms with Crippen molar-refractivity contribution >= 4 is 106 Å². The van der Waals surface area contributed by atoms with Crippen molar-refractivity contribution in [2.45, 2.75) is 39.5 Å². The van der Waals surface area contributed by atoms with E-state index < -0.39 is 11.9 Å². The Morgan fingerprint density at radius 1 is 0.840 bits per heavy atom. The molecule has 0 rings (SSSR count). The van der Waals surface area contributed by atoms with Gasteiger partial charge in [0.2, 0.25) is 8.77 Å². The molecule has 0 fully saturated rings. The minimum absolute atomic E-state index is 0. The molecule has 0 saturated carbocycles. The van der Waals surface area contributed by atoms with Crippen LogP contribution < -0.4 is 10.2 Å². The van der Waals surface area contributed by atoms with E-state index >= 15 is 0 Å². The number of rotatable bonds is 10. The monoisotopic (exact) mass is 454 g/mol. The maximum Gasteiger partial charge on any atom is 2.00 e. The molecule has 25 heavy (non-hydrogen) atoms. The Labute approximate surface area is 198 Å². The molecule has 0 bridgehead atoms. The number of thiocarbonyl (C=S) groups is 2. The van der Waals surface area contributed by atoms with Gasteiger partial charge in [0.15, 0.2) is 0 Å². The molecule has 0 aromatic heterocycles. The largest absolute Gasteiger partial charge is 2.00 e. The first-order valence-corrected chi connectivity index (χ1v) is 10.1. The van der Waals surface area contributed by atoms with Crippen LogP contribution >= 0.6 is 48.0 Å². The van der Waals surface area contributed by atoms with E-state index in [4.69, 9.17) is 33.9 Å². The molecule has 0 saturated heterocycles. The minimum atomic E-state index is -1.12. The number of thioether (sulfide) groups is 2. The van der Waals surface area contributed by atoms with Crippen molar-refractivity contribution in [1.82, 2.24) is 0 Å². The van der Waals surface area contributed by atoms with Gasteiger partial charge in [0.05, 0.1) is 25.2 Å². The third kappa shape index (κ3) is 29.7. The Hall–Kier alpha value is 0.680. The Morgan fingerprint density at radius 3 is 1.40 bits per heavy atom. The van der Waals surface area contributed by atoms with Crippen molar-refractivity contribution in [3.8, 4) is 0 Å². The summed E-state index contributed by atoms with van der Waals surface area (Å²) in [6.45, 7) is 5.21. The van der Waals surface area contributed by atoms with E-state index in [0.717, 1.165) is 49.2 Å². The molecule has 11 heteroatoms. The maximum atomic E-state index is 9.99. The fraction of sp³-hybridized carbons (Fsp3) is 0.714. The summed E-state index contributed by atoms with van der Waals surface area (Å²) in [6, 6.07) is 0. The second kappa shape index (κ2) is 22.7. The molecule has 0 unspecified atom stereocenters. The van der Waals surface area contributed by atoms with E-state index in [2.05, 4.69) is 0 Å². The van der Waals surface area contributed by atoms with E-state index in [0.29, 0.717) is 13.2 Å². The molecule has 0 aliphatic heterocycles. The van der Waals surface area contributed by atoms with Crippen molar-refractivity contribution < 1.29 is 29.3 Å². The summed E-state index contributed by atoms with van der Waals surface area (Å²) < 4.78 is 10.6. The number of unbranched alkanes of at least 4 members (excludes halogenated alkanes) is 2. The number of carbonyl (C=O) groups is 2. The van der Waals surface area contributed by atoms with E-state index in [1.165, 1.54) is 0 Å². The van der Waals surface area contributed by atoms with Crippen molar-refractivity contribution in [3.63, 3.8) is 0 Å². The van der Waals surface area contributed by atoms with Crippen LogP contribution in [0.5, 0.6) is 0 Å². The van der Waals surface area contributed by atoms with Gasteiger partial charge < -0.3 is 29.3 Å². The summed E-state index contributed by atoms with van der Waals surface area (Å²) in [5.74, 6) is -2.52. The van der Waals surface area contributed by atoms with Gasteiger partial charge in [0, 0.05) is 11.5 Å². The van der Waals surface area contributed by atoms with Crippen molar-refractivity contribution in [1.29, 1.82) is 0 Å². The Morgan fingerprint density at radius 2 is 1.16 bits per heavy atom. The second-order valence-electron chi connectivity index (χ2n) is 4.23. The van der Waals surface area contributed by atoms with Gasteiger partial charge in [-0.15, -0.1) is 0 Å². The number of carbonyl (C=O) groups excluding carboxylic acids is 2. The average molecular weight is 455 g/mol. The molecule has 0 amide bonds. The van der Waals surface area contributed by atoms with Gasteiger partial charge in [0.1, 0.15) is 0 Å². The first-order valence-electron chi connectivity index (χ1n) is 7.32. The van der Waals surface area contributed by atoms with E-state index in [1.807, 2.05) is 13.8 Å². The fourth-order valence-electron chi connectivity index (χ4n) is 0.919. The number of ether oxygens (including phenoxy) is 2. The predicted octanol–water partition coefficient (Wildman–Crippen LogP) is 0.761. The summed E-state index contributed by atoms with van der Waals surface area (Å²) in [5, 5.41) is 20.0. The van der Waals surface area contributed by atoms with Crippen LogP contribution in [0.2, 0.25) is 0 Å². The molecule has 0 aromatic carbocycles. The van der Waals surface area contributed by atoms with Crippen LogP contribution in [-0.2, 0) is 19.1 Å². The molecule has 0 N–H and O–H groups in total. The Kier molecular flexibility index (Phi) is 27.6. The average Bonchev–Trinajstić information content (AvgIpc) is 2.52. The molecular formula is C14H22CaO6S4. The molecule has 0 spiro atoms. The summed E-state index contributed by atoms with van der Waals surface area (Å²) >= 11 is 11.4. The molecule has 0 radical (unpaired) electrons. The zero-order valence-electron chi connectivity index (χ0n) is 14.4. The van der Waals surface area contributed by atoms with Crippen molar-refractivity contribution in [2.75, 3.05) is 24.7 Å². The van der Waals surface area contributed by atoms with Crippen LogP contribution in [0.25, 0.3) is 0 Å². The summed E-state index contributed by atoms with van der Waals surface area (Å²) in [7, 11) is 0. The molecule has 0 aliphatic carbocycles. The van der Waals surface area contributed by atoms with Gasteiger partial charge in [-0.05, 0) is 37.3 Å². The molecule has 6 nitrogen and oxygen atoms in total.